The van der Waals surface area contributed by atoms with E-state index in [1.807, 2.05) is 25.1 Å². The molecule has 1 unspecified atom stereocenters. The quantitative estimate of drug-likeness (QED) is 0.170. The second-order valence-corrected chi connectivity index (χ2v) is 11.6. The first-order chi connectivity index (χ1) is 16.7. The van der Waals surface area contributed by atoms with Crippen molar-refractivity contribution < 1.29 is 32.3 Å². The Balaban J connectivity index is 0. The highest BCUT2D eigenvalue weighted by atomic mass is 28.4. The van der Waals surface area contributed by atoms with Gasteiger partial charge in [-0.05, 0) is 31.7 Å². The topological polar surface area (TPSA) is 106 Å². The van der Waals surface area contributed by atoms with E-state index in [0.717, 1.165) is 18.9 Å². The fourth-order valence-corrected chi connectivity index (χ4v) is 4.88. The highest BCUT2D eigenvalue weighted by Crippen LogP contribution is 2.15. The normalized spacial score (nSPS) is 11.1. The van der Waals surface area contributed by atoms with Gasteiger partial charge in [0.15, 0.2) is 0 Å². The molecular formula is C25H45NO7Si2. The van der Waals surface area contributed by atoms with Crippen LogP contribution in [0.15, 0.2) is 55.1 Å². The summed E-state index contributed by atoms with van der Waals surface area (Å²) in [5.41, 5.74) is 7.66. The van der Waals surface area contributed by atoms with Crippen LogP contribution in [0.2, 0.25) is 12.1 Å². The first kappa shape index (κ1) is 35.1. The van der Waals surface area contributed by atoms with Gasteiger partial charge in [-0.25, -0.2) is 9.59 Å². The molecule has 2 N–H and O–H groups in total. The molecule has 0 saturated carbocycles. The van der Waals surface area contributed by atoms with Crippen LogP contribution in [0.1, 0.15) is 44.7 Å². The minimum atomic E-state index is -2.52. The van der Waals surface area contributed by atoms with Crippen LogP contribution < -0.4 is 5.73 Å². The van der Waals surface area contributed by atoms with Gasteiger partial charge in [0.05, 0.1) is 13.2 Å². The lowest BCUT2D eigenvalue weighted by molar-refractivity contribution is -0.139. The molecule has 0 bridgehead atoms. The molecule has 0 aliphatic carbocycles. The summed E-state index contributed by atoms with van der Waals surface area (Å²) < 4.78 is 25.1. The Morgan fingerprint density at radius 1 is 1.09 bits per heavy atom. The number of benzene rings is 1. The average molecular weight is 528 g/mol. The molecule has 200 valence electrons. The molecule has 0 aliphatic rings. The summed E-state index contributed by atoms with van der Waals surface area (Å²) in [6.45, 7) is 11.1. The summed E-state index contributed by atoms with van der Waals surface area (Å²) in [5.74, 6) is -0.716. The van der Waals surface area contributed by atoms with Crippen molar-refractivity contribution in [2.75, 3.05) is 34.5 Å². The van der Waals surface area contributed by atoms with Crippen molar-refractivity contribution >= 4 is 31.0 Å². The molecule has 1 aromatic rings. The molecule has 35 heavy (non-hydrogen) atoms. The van der Waals surface area contributed by atoms with Gasteiger partial charge < -0.3 is 28.5 Å². The first-order valence-electron chi connectivity index (χ1n) is 11.7. The molecule has 1 rings (SSSR count). The fraction of sp³-hybridized carbons (Fsp3) is 0.520. The van der Waals surface area contributed by atoms with Gasteiger partial charge in [-0.1, -0.05) is 56.5 Å². The Kier molecular flexibility index (Phi) is 22.4. The molecule has 0 amide bonds. The van der Waals surface area contributed by atoms with Gasteiger partial charge in [0.1, 0.15) is 0 Å². The van der Waals surface area contributed by atoms with Crippen molar-refractivity contribution in [2.24, 2.45) is 5.73 Å². The molecule has 0 aromatic heterocycles. The number of carbonyl (C=O) groups excluding carboxylic acids is 2. The van der Waals surface area contributed by atoms with Crippen molar-refractivity contribution in [2.45, 2.75) is 51.2 Å². The fourth-order valence-electron chi connectivity index (χ4n) is 2.57. The second kappa shape index (κ2) is 22.4. The van der Waals surface area contributed by atoms with E-state index < -0.39 is 14.8 Å². The van der Waals surface area contributed by atoms with Crippen LogP contribution in [0.25, 0.3) is 0 Å². The van der Waals surface area contributed by atoms with E-state index in [2.05, 4.69) is 25.3 Å². The van der Waals surface area contributed by atoms with Gasteiger partial charge in [0.2, 0.25) is 0 Å². The van der Waals surface area contributed by atoms with E-state index in [0.29, 0.717) is 31.3 Å². The zero-order chi connectivity index (χ0) is 27.1. The maximum absolute atomic E-state index is 10.7. The van der Waals surface area contributed by atoms with Crippen molar-refractivity contribution in [3.05, 3.63) is 60.7 Å². The Bertz CT molecular complexity index is 705. The van der Waals surface area contributed by atoms with Gasteiger partial charge in [-0.15, -0.1) is 0 Å². The average Bonchev–Trinajstić information content (AvgIpc) is 2.89. The van der Waals surface area contributed by atoms with Gasteiger partial charge in [-0.2, -0.15) is 0 Å². The zero-order valence-electron chi connectivity index (χ0n) is 22.3. The summed E-state index contributed by atoms with van der Waals surface area (Å²) in [4.78, 5) is 21.3. The van der Waals surface area contributed by atoms with Gasteiger partial charge in [0.25, 0.3) is 0 Å². The maximum atomic E-state index is 10.7. The van der Waals surface area contributed by atoms with E-state index in [1.54, 1.807) is 28.3 Å². The number of ether oxygens (including phenoxy) is 2. The SMILES string of the molecule is C=C(C)C(=O)OCCC.C=CC(=O)OCCC[Si](OC)(OC)OC.NC(CC[SiH3])c1ccccc1. The minimum Gasteiger partial charge on any atom is -0.463 e. The number of rotatable bonds is 14. The predicted molar refractivity (Wildman–Crippen MR) is 146 cm³/mol. The number of carbonyl (C=O) groups is 2. The minimum absolute atomic E-state index is 0.258. The highest BCUT2D eigenvalue weighted by molar-refractivity contribution is 6.60. The number of hydrogen-bond acceptors (Lipinski definition) is 8. The number of nitrogens with two attached hydrogens (primary N) is 1. The van der Waals surface area contributed by atoms with E-state index >= 15 is 0 Å². The third-order valence-corrected chi connectivity index (χ3v) is 7.99. The van der Waals surface area contributed by atoms with Crippen LogP contribution in [0.3, 0.4) is 0 Å². The Labute approximate surface area is 215 Å². The van der Waals surface area contributed by atoms with Crippen LogP contribution in [-0.4, -0.2) is 65.5 Å². The van der Waals surface area contributed by atoms with Crippen LogP contribution >= 0.6 is 0 Å². The molecule has 1 atom stereocenters. The smallest absolute Gasteiger partial charge is 0.463 e. The Hall–Kier alpha value is -2.09. The van der Waals surface area contributed by atoms with Gasteiger partial charge in [-0.3, -0.25) is 0 Å². The summed E-state index contributed by atoms with van der Waals surface area (Å²) in [7, 11) is 3.39. The maximum Gasteiger partial charge on any atom is 0.500 e. The molecule has 8 nitrogen and oxygen atoms in total. The first-order valence-corrected chi connectivity index (χ1v) is 15.1. The predicted octanol–water partition coefficient (Wildman–Crippen LogP) is 3.36. The molecule has 0 heterocycles. The number of hydrogen-bond donors (Lipinski definition) is 1. The van der Waals surface area contributed by atoms with Crippen LogP contribution in [0, 0.1) is 0 Å². The van der Waals surface area contributed by atoms with E-state index in [9.17, 15) is 9.59 Å². The zero-order valence-corrected chi connectivity index (χ0v) is 25.3. The molecule has 0 saturated heterocycles. The molecule has 0 aliphatic heterocycles. The van der Waals surface area contributed by atoms with E-state index in [-0.39, 0.29) is 12.0 Å². The highest BCUT2D eigenvalue weighted by Gasteiger charge is 2.36. The Morgan fingerprint density at radius 3 is 2.09 bits per heavy atom. The van der Waals surface area contributed by atoms with Crippen molar-refractivity contribution in [1.82, 2.24) is 0 Å². The lowest BCUT2D eigenvalue weighted by Gasteiger charge is -2.23. The van der Waals surface area contributed by atoms with Crippen LogP contribution in [0.4, 0.5) is 0 Å². The molecule has 0 radical (unpaired) electrons. The van der Waals surface area contributed by atoms with Crippen molar-refractivity contribution in [1.29, 1.82) is 0 Å². The largest absolute Gasteiger partial charge is 0.500 e. The monoisotopic (exact) mass is 527 g/mol. The molecule has 10 heteroatoms. The molecule has 0 spiro atoms. The van der Waals surface area contributed by atoms with Gasteiger partial charge in [0, 0.05) is 55.3 Å². The summed E-state index contributed by atoms with van der Waals surface area (Å²) in [6.07, 6.45) is 3.77. The number of esters is 2. The summed E-state index contributed by atoms with van der Waals surface area (Å²) in [6, 6.07) is 12.5. The summed E-state index contributed by atoms with van der Waals surface area (Å²) in [5, 5.41) is 0. The Morgan fingerprint density at radius 2 is 1.66 bits per heavy atom. The van der Waals surface area contributed by atoms with Crippen LogP contribution in [-0.2, 0) is 32.3 Å². The lowest BCUT2D eigenvalue weighted by atomic mass is 10.1. The third-order valence-electron chi connectivity index (χ3n) is 4.58. The third kappa shape index (κ3) is 17.9. The van der Waals surface area contributed by atoms with E-state index in [1.165, 1.54) is 21.9 Å². The molecule has 0 fully saturated rings. The van der Waals surface area contributed by atoms with Crippen LogP contribution in [0.5, 0.6) is 0 Å². The van der Waals surface area contributed by atoms with Gasteiger partial charge >= 0.3 is 20.7 Å². The van der Waals surface area contributed by atoms with Crippen molar-refractivity contribution in [3.63, 3.8) is 0 Å². The van der Waals surface area contributed by atoms with E-state index in [4.69, 9.17) is 28.5 Å². The second-order valence-electron chi connectivity index (χ2n) is 7.49. The lowest BCUT2D eigenvalue weighted by Crippen LogP contribution is -2.42. The summed E-state index contributed by atoms with van der Waals surface area (Å²) >= 11 is 0. The van der Waals surface area contributed by atoms with Crippen molar-refractivity contribution in [3.8, 4) is 0 Å². The molecular weight excluding hydrogens is 482 g/mol. The standard InChI is InChI=1S/C9H15NSi.C9H18O5Si.C7H12O2/c10-9(6-7-11)8-4-2-1-3-5-8;1-5-9(10)14-7-6-8-15(11-2,12-3)13-4;1-4-5-9-7(8)6(2)3/h1-5,9H,6-7,10H2,11H3;5H,1,6-8H2,2-4H3;2,4-5H2,1,3H3. The molecule has 1 aromatic carbocycles.